The van der Waals surface area contributed by atoms with Gasteiger partial charge in [0.25, 0.3) is 0 Å². The first-order valence-electron chi connectivity index (χ1n) is 17.2. The molecule has 0 bridgehead atoms. The molecule has 12 N–H and O–H groups in total. The van der Waals surface area contributed by atoms with Gasteiger partial charge in [-0.2, -0.15) is 4.31 Å². The maximum absolute atomic E-state index is 12.6. The van der Waals surface area contributed by atoms with Crippen LogP contribution in [0.15, 0.2) is 12.7 Å². The average Bonchev–Trinajstić information content (AvgIpc) is 3.70. The Kier molecular flexibility index (Phi) is 20.3. The van der Waals surface area contributed by atoms with Crippen LogP contribution >= 0.6 is 35.2 Å². The van der Waals surface area contributed by atoms with E-state index in [2.05, 4.69) is 34.4 Å². The molecule has 2 aromatic heterocycles. The van der Waals surface area contributed by atoms with E-state index in [9.17, 15) is 67.5 Å². The Morgan fingerprint density at radius 1 is 0.967 bits per heavy atom. The summed E-state index contributed by atoms with van der Waals surface area (Å²) in [4.78, 5) is 106. The van der Waals surface area contributed by atoms with Crippen LogP contribution in [0.3, 0.4) is 0 Å². The van der Waals surface area contributed by atoms with Crippen LogP contribution in [-0.2, 0) is 60.3 Å². The Labute approximate surface area is 344 Å². The third kappa shape index (κ3) is 17.8. The fourth-order valence-electron chi connectivity index (χ4n) is 4.61. The molecule has 340 valence electrons. The number of hydrogen-bond acceptors (Lipinski definition) is 20. The number of aromatic nitrogens is 4. The van der Waals surface area contributed by atoms with Crippen LogP contribution < -0.4 is 16.4 Å². The number of phosphoric ester groups is 3. The normalized spacial score (nSPS) is 20.6. The SMILES string of the molecule is CCC(=O)SCCNC(=O)CCNC(=O)C(O)C(C)(C)COP(=O)(O)OP(=O)(O)OC[C@H]1O[C@@H](n2cnc3c(N)ncnc32)[C@H](O)[C@@H]1OP(=O)(O)O.O=C(O)CCC(=O)O. The van der Waals surface area contributed by atoms with Gasteiger partial charge in [-0.25, -0.2) is 28.6 Å². The summed E-state index contributed by atoms with van der Waals surface area (Å²) in [7, 11) is -16.4. The molecule has 0 radical (unpaired) electrons. The predicted octanol–water partition coefficient (Wildman–Crippen LogP) is -0.989. The van der Waals surface area contributed by atoms with Crippen molar-refractivity contribution in [1.29, 1.82) is 0 Å². The lowest BCUT2D eigenvalue weighted by molar-refractivity contribution is -0.143. The van der Waals surface area contributed by atoms with Gasteiger partial charge in [-0.15, -0.1) is 0 Å². The summed E-state index contributed by atoms with van der Waals surface area (Å²) in [5.41, 5.74) is 4.26. The molecular weight excluding hydrogens is 895 g/mol. The molecule has 0 aromatic carbocycles. The van der Waals surface area contributed by atoms with Gasteiger partial charge in [-0.3, -0.25) is 42.1 Å². The first-order valence-corrected chi connectivity index (χ1v) is 22.7. The largest absolute Gasteiger partial charge is 0.481 e. The van der Waals surface area contributed by atoms with Crippen molar-refractivity contribution in [2.24, 2.45) is 5.41 Å². The van der Waals surface area contributed by atoms with Crippen molar-refractivity contribution >= 4 is 81.1 Å². The first-order chi connectivity index (χ1) is 27.7. The summed E-state index contributed by atoms with van der Waals surface area (Å²) in [5, 5.41) is 42.0. The summed E-state index contributed by atoms with van der Waals surface area (Å²) < 4.78 is 61.9. The summed E-state index contributed by atoms with van der Waals surface area (Å²) in [5.74, 6) is -3.22. The third-order valence-electron chi connectivity index (χ3n) is 7.61. The molecule has 60 heavy (non-hydrogen) atoms. The van der Waals surface area contributed by atoms with Crippen molar-refractivity contribution in [2.45, 2.75) is 77.1 Å². The van der Waals surface area contributed by atoms with E-state index in [1.54, 1.807) is 6.92 Å². The number of amides is 2. The number of rotatable bonds is 23. The molecular formula is C28H46N7O21P3S. The quantitative estimate of drug-likeness (QED) is 0.0471. The highest BCUT2D eigenvalue weighted by Gasteiger charge is 2.50. The molecule has 3 unspecified atom stereocenters. The number of imidazole rings is 1. The minimum absolute atomic E-state index is 0.0221. The van der Waals surface area contributed by atoms with Crippen molar-refractivity contribution in [3.8, 4) is 0 Å². The van der Waals surface area contributed by atoms with Crippen molar-refractivity contribution in [1.82, 2.24) is 30.2 Å². The summed E-state index contributed by atoms with van der Waals surface area (Å²) >= 11 is 1.07. The van der Waals surface area contributed by atoms with Crippen molar-refractivity contribution < 1.29 is 100 Å². The number of ether oxygens (including phenoxy) is 1. The van der Waals surface area contributed by atoms with Gasteiger partial charge in [0, 0.05) is 37.1 Å². The molecule has 2 aromatic rings. The maximum Gasteiger partial charge on any atom is 0.481 e. The van der Waals surface area contributed by atoms with Gasteiger partial charge in [0.15, 0.2) is 22.8 Å². The van der Waals surface area contributed by atoms with E-state index in [1.165, 1.54) is 13.8 Å². The Balaban J connectivity index is 0.00000140. The molecule has 1 fully saturated rings. The van der Waals surface area contributed by atoms with E-state index in [1.807, 2.05) is 0 Å². The number of nitrogens with one attached hydrogen (secondary N) is 2. The van der Waals surface area contributed by atoms with Gasteiger partial charge in [0.2, 0.25) is 11.8 Å². The van der Waals surface area contributed by atoms with Crippen molar-refractivity contribution in [3.63, 3.8) is 0 Å². The van der Waals surface area contributed by atoms with Gasteiger partial charge in [-0.05, 0) is 0 Å². The maximum atomic E-state index is 12.6. The summed E-state index contributed by atoms with van der Waals surface area (Å²) in [6.07, 6.45) is -7.11. The average molecular weight is 942 g/mol. The molecule has 3 heterocycles. The molecule has 0 aliphatic carbocycles. The van der Waals surface area contributed by atoms with Gasteiger partial charge >= 0.3 is 35.4 Å². The molecule has 32 heteroatoms. The topological polar surface area (TPSA) is 438 Å². The minimum atomic E-state index is -5.56. The predicted molar refractivity (Wildman–Crippen MR) is 202 cm³/mol. The Bertz CT molecular complexity index is 1950. The van der Waals surface area contributed by atoms with Crippen LogP contribution in [-0.4, -0.2) is 145 Å². The number of carboxylic acid groups (broad SMARTS) is 2. The number of nitrogens with zero attached hydrogens (tertiary/aromatic N) is 4. The highest BCUT2D eigenvalue weighted by Crippen LogP contribution is 2.61. The number of anilines is 1. The minimum Gasteiger partial charge on any atom is -0.481 e. The zero-order valence-electron chi connectivity index (χ0n) is 31.9. The smallest absolute Gasteiger partial charge is 0.481 e. The number of carboxylic acids is 2. The van der Waals surface area contributed by atoms with E-state index in [0.717, 1.165) is 29.0 Å². The number of nitrogens with two attached hydrogens (primary N) is 1. The number of thioether (sulfide) groups is 1. The van der Waals surface area contributed by atoms with Crippen LogP contribution in [0.25, 0.3) is 11.2 Å². The number of carbonyl (C=O) groups is 5. The highest BCUT2D eigenvalue weighted by atomic mass is 32.2. The molecule has 3 rings (SSSR count). The van der Waals surface area contributed by atoms with E-state index in [4.69, 9.17) is 29.7 Å². The number of fused-ring (bicyclic) bond motifs is 1. The third-order valence-corrected chi connectivity index (χ3v) is 11.7. The lowest BCUT2D eigenvalue weighted by Crippen LogP contribution is -2.46. The standard InChI is InChI=1S/C24H40N7O17P3S.C4H6O4/c1-4-15(33)52-8-7-26-14(32)5-6-27-22(36)19(35)24(2,3)10-45-51(42,43)48-50(40,41)44-9-13-18(47-49(37,38)39)17(34)23(46-13)31-12-30-16-20(25)28-11-29-21(16)31;5-3(6)1-2-4(7)8/h11-13,17-19,23,34-35H,4-10H2,1-3H3,(H,26,32)(H,27,36)(H,40,41)(H,42,43)(H2,25,28,29)(H2,37,38,39);1-2H2,(H,5,6)(H,7,8)/t13-,17-,18-,19?,23-;/m1./s1. The monoisotopic (exact) mass is 941 g/mol. The molecule has 2 amide bonds. The van der Waals surface area contributed by atoms with Crippen molar-refractivity contribution in [2.75, 3.05) is 37.8 Å². The second kappa shape index (κ2) is 23.1. The Hall–Kier alpha value is -3.50. The van der Waals surface area contributed by atoms with Gasteiger partial charge in [0.1, 0.15) is 36.3 Å². The number of aliphatic carboxylic acids is 2. The lowest BCUT2D eigenvalue weighted by atomic mass is 9.87. The van der Waals surface area contributed by atoms with E-state index >= 15 is 0 Å². The fourth-order valence-corrected chi connectivity index (χ4v) is 8.08. The zero-order chi connectivity index (χ0) is 45.6. The van der Waals surface area contributed by atoms with Crippen LogP contribution in [0.4, 0.5) is 5.82 Å². The molecule has 1 saturated heterocycles. The molecule has 1 aliphatic heterocycles. The first kappa shape index (κ1) is 52.6. The fraction of sp³-hybridized carbons (Fsp3) is 0.643. The number of aliphatic hydroxyl groups excluding tert-OH is 2. The van der Waals surface area contributed by atoms with E-state index in [0.29, 0.717) is 12.2 Å². The lowest BCUT2D eigenvalue weighted by Gasteiger charge is -2.30. The molecule has 0 saturated carbocycles. The number of aliphatic hydroxyl groups is 2. The van der Waals surface area contributed by atoms with E-state index < -0.39 is 96.5 Å². The molecule has 1 aliphatic rings. The van der Waals surface area contributed by atoms with Gasteiger partial charge in [-0.1, -0.05) is 32.5 Å². The summed E-state index contributed by atoms with van der Waals surface area (Å²) in [6, 6.07) is 0. The highest BCUT2D eigenvalue weighted by molar-refractivity contribution is 8.13. The summed E-state index contributed by atoms with van der Waals surface area (Å²) in [6.45, 7) is 2.24. The molecule has 28 nitrogen and oxygen atoms in total. The van der Waals surface area contributed by atoms with Crippen LogP contribution in [0.5, 0.6) is 0 Å². The van der Waals surface area contributed by atoms with Gasteiger partial charge < -0.3 is 61.1 Å². The molecule has 7 atom stereocenters. The van der Waals surface area contributed by atoms with Crippen LogP contribution in [0, 0.1) is 5.41 Å². The van der Waals surface area contributed by atoms with E-state index in [-0.39, 0.29) is 54.4 Å². The van der Waals surface area contributed by atoms with Crippen molar-refractivity contribution in [3.05, 3.63) is 12.7 Å². The Morgan fingerprint density at radius 2 is 1.58 bits per heavy atom. The number of carbonyl (C=O) groups excluding carboxylic acids is 3. The number of nitrogen functional groups attached to an aromatic ring is 1. The second-order valence-electron chi connectivity index (χ2n) is 12.9. The van der Waals surface area contributed by atoms with Crippen LogP contribution in [0.2, 0.25) is 0 Å². The molecule has 0 spiro atoms. The van der Waals surface area contributed by atoms with Crippen LogP contribution in [0.1, 0.15) is 52.7 Å². The van der Waals surface area contributed by atoms with Gasteiger partial charge in [0.05, 0.1) is 32.4 Å². The zero-order valence-corrected chi connectivity index (χ0v) is 35.4. The Morgan fingerprint density at radius 3 is 2.17 bits per heavy atom. The number of hydrogen-bond donors (Lipinski definition) is 11. The second-order valence-corrected chi connectivity index (χ2v) is 18.3. The number of phosphoric acid groups is 3.